The van der Waals surface area contributed by atoms with E-state index in [0.29, 0.717) is 0 Å². The molecule has 3 nitrogen and oxygen atoms in total. The summed E-state index contributed by atoms with van der Waals surface area (Å²) in [7, 11) is 0. The van der Waals surface area contributed by atoms with Crippen LogP contribution in [0.1, 0.15) is 0 Å². The van der Waals surface area contributed by atoms with Crippen LogP contribution in [0, 0.1) is 0 Å². The number of furan rings is 1. The molecular weight excluding hydrogens is 524 g/mol. The van der Waals surface area contributed by atoms with Crippen LogP contribution >= 0.6 is 0 Å². The third kappa shape index (κ3) is 3.68. The van der Waals surface area contributed by atoms with Gasteiger partial charge in [0, 0.05) is 33.2 Å². The maximum absolute atomic E-state index is 6.48. The van der Waals surface area contributed by atoms with Crippen molar-refractivity contribution in [2.45, 2.75) is 0 Å². The van der Waals surface area contributed by atoms with Gasteiger partial charge in [0.2, 0.25) is 0 Å². The molecule has 0 bridgehead atoms. The van der Waals surface area contributed by atoms with Crippen LogP contribution in [-0.2, 0) is 0 Å². The summed E-state index contributed by atoms with van der Waals surface area (Å²) >= 11 is 0. The summed E-state index contributed by atoms with van der Waals surface area (Å²) in [6, 6.07) is 56.0. The third-order valence-corrected chi connectivity index (χ3v) is 8.53. The minimum atomic E-state index is 0.878. The van der Waals surface area contributed by atoms with E-state index in [0.717, 1.165) is 44.7 Å². The SMILES string of the molecule is c1ccc(N(c2ccc3c4ccccc4n(-c4ccccc4)c3c2)c2cccc3oc4cc5ccccc5cc4c23)cc1. The van der Waals surface area contributed by atoms with Gasteiger partial charge in [0.25, 0.3) is 0 Å². The first-order chi connectivity index (χ1) is 21.3. The van der Waals surface area contributed by atoms with Gasteiger partial charge in [-0.2, -0.15) is 0 Å². The Kier molecular flexibility index (Phi) is 5.20. The summed E-state index contributed by atoms with van der Waals surface area (Å²) in [5, 5.41) is 7.08. The van der Waals surface area contributed by atoms with Crippen molar-refractivity contribution in [2.75, 3.05) is 4.90 Å². The summed E-state index contributed by atoms with van der Waals surface area (Å²) in [6.07, 6.45) is 0. The average Bonchev–Trinajstić information content (AvgIpc) is 3.60. The number of rotatable bonds is 4. The fourth-order valence-corrected chi connectivity index (χ4v) is 6.64. The Morgan fingerprint density at radius 2 is 1.14 bits per heavy atom. The highest BCUT2D eigenvalue weighted by Crippen LogP contribution is 2.45. The van der Waals surface area contributed by atoms with Crippen LogP contribution < -0.4 is 4.90 Å². The van der Waals surface area contributed by atoms with E-state index in [4.69, 9.17) is 4.42 Å². The van der Waals surface area contributed by atoms with Gasteiger partial charge in [0.05, 0.1) is 22.1 Å². The molecule has 0 N–H and O–H groups in total. The molecule has 0 aliphatic carbocycles. The van der Waals surface area contributed by atoms with Gasteiger partial charge in [-0.1, -0.05) is 91.0 Å². The first kappa shape index (κ1) is 23.9. The zero-order valence-corrected chi connectivity index (χ0v) is 23.3. The number of benzene rings is 7. The Morgan fingerprint density at radius 1 is 0.442 bits per heavy atom. The normalized spacial score (nSPS) is 11.7. The van der Waals surface area contributed by atoms with Crippen LogP contribution in [-0.4, -0.2) is 4.57 Å². The number of nitrogens with zero attached hydrogens (tertiary/aromatic N) is 2. The zero-order valence-electron chi connectivity index (χ0n) is 23.3. The van der Waals surface area contributed by atoms with Crippen molar-refractivity contribution in [3.63, 3.8) is 0 Å². The molecule has 0 amide bonds. The lowest BCUT2D eigenvalue weighted by Crippen LogP contribution is -2.10. The second-order valence-corrected chi connectivity index (χ2v) is 11.0. The number of hydrogen-bond acceptors (Lipinski definition) is 2. The van der Waals surface area contributed by atoms with E-state index in [-0.39, 0.29) is 0 Å². The lowest BCUT2D eigenvalue weighted by atomic mass is 10.0. The fourth-order valence-electron chi connectivity index (χ4n) is 6.64. The maximum atomic E-state index is 6.48. The van der Waals surface area contributed by atoms with Crippen LogP contribution in [0.5, 0.6) is 0 Å². The summed E-state index contributed by atoms with van der Waals surface area (Å²) in [5.74, 6) is 0. The predicted octanol–water partition coefficient (Wildman–Crippen LogP) is 11.3. The molecule has 0 saturated heterocycles. The highest BCUT2D eigenvalue weighted by Gasteiger charge is 2.21. The van der Waals surface area contributed by atoms with Crippen LogP contribution in [0.3, 0.4) is 0 Å². The van der Waals surface area contributed by atoms with Gasteiger partial charge in [0.1, 0.15) is 11.2 Å². The minimum Gasteiger partial charge on any atom is -0.456 e. The summed E-state index contributed by atoms with van der Waals surface area (Å²) < 4.78 is 8.85. The number of hydrogen-bond donors (Lipinski definition) is 0. The van der Waals surface area contributed by atoms with Gasteiger partial charge >= 0.3 is 0 Å². The number of fused-ring (bicyclic) bond motifs is 7. The molecule has 43 heavy (non-hydrogen) atoms. The highest BCUT2D eigenvalue weighted by atomic mass is 16.3. The monoisotopic (exact) mass is 550 g/mol. The molecule has 9 rings (SSSR count). The van der Waals surface area contributed by atoms with Crippen molar-refractivity contribution in [3.8, 4) is 5.69 Å². The van der Waals surface area contributed by atoms with Crippen molar-refractivity contribution in [3.05, 3.63) is 158 Å². The average molecular weight is 551 g/mol. The molecule has 9 aromatic rings. The standard InChI is InChI=1S/C40H26N2O/c1-3-14-29(15-4-1)41(36-20-11-21-38-40(36)34-24-27-12-7-8-13-28(27)25-39(34)43-38)31-22-23-33-32-18-9-10-19-35(32)42(37(33)26-31)30-16-5-2-6-17-30/h1-26H. The largest absolute Gasteiger partial charge is 0.456 e. The van der Waals surface area contributed by atoms with E-state index in [1.165, 1.54) is 32.6 Å². The summed E-state index contributed by atoms with van der Waals surface area (Å²) in [5.41, 5.74) is 8.54. The van der Waals surface area contributed by atoms with Crippen molar-refractivity contribution in [2.24, 2.45) is 0 Å². The van der Waals surface area contributed by atoms with E-state index in [9.17, 15) is 0 Å². The number of aromatic nitrogens is 1. The Morgan fingerprint density at radius 3 is 1.98 bits per heavy atom. The van der Waals surface area contributed by atoms with Crippen molar-refractivity contribution >= 4 is 71.6 Å². The predicted molar refractivity (Wildman–Crippen MR) is 180 cm³/mol. The summed E-state index contributed by atoms with van der Waals surface area (Å²) in [6.45, 7) is 0. The van der Waals surface area contributed by atoms with Crippen LogP contribution in [0.15, 0.2) is 162 Å². The molecule has 3 heteroatoms. The number of para-hydroxylation sites is 3. The van der Waals surface area contributed by atoms with Crippen molar-refractivity contribution in [1.29, 1.82) is 0 Å². The minimum absolute atomic E-state index is 0.878. The van der Waals surface area contributed by atoms with Gasteiger partial charge in [-0.25, -0.2) is 0 Å². The molecule has 0 radical (unpaired) electrons. The second-order valence-electron chi connectivity index (χ2n) is 11.0. The van der Waals surface area contributed by atoms with Gasteiger partial charge in [-0.05, 0) is 77.5 Å². The maximum Gasteiger partial charge on any atom is 0.137 e. The molecule has 7 aromatic carbocycles. The van der Waals surface area contributed by atoms with E-state index < -0.39 is 0 Å². The van der Waals surface area contributed by atoms with Gasteiger partial charge in [-0.15, -0.1) is 0 Å². The van der Waals surface area contributed by atoms with Crippen molar-refractivity contribution in [1.82, 2.24) is 4.57 Å². The molecule has 0 aliphatic heterocycles. The molecule has 2 heterocycles. The number of anilines is 3. The molecular formula is C40H26N2O. The lowest BCUT2D eigenvalue weighted by molar-refractivity contribution is 0.669. The van der Waals surface area contributed by atoms with E-state index in [1.54, 1.807) is 0 Å². The van der Waals surface area contributed by atoms with Crippen LogP contribution in [0.4, 0.5) is 17.1 Å². The summed E-state index contributed by atoms with van der Waals surface area (Å²) in [4.78, 5) is 2.36. The van der Waals surface area contributed by atoms with E-state index in [2.05, 4.69) is 167 Å². The Balaban J connectivity index is 1.35. The molecule has 0 saturated carbocycles. The van der Waals surface area contributed by atoms with Gasteiger partial charge < -0.3 is 13.9 Å². The smallest absolute Gasteiger partial charge is 0.137 e. The zero-order chi connectivity index (χ0) is 28.3. The molecule has 0 fully saturated rings. The topological polar surface area (TPSA) is 21.3 Å². The van der Waals surface area contributed by atoms with Crippen LogP contribution in [0.25, 0.3) is 60.2 Å². The fraction of sp³-hybridized carbons (Fsp3) is 0. The highest BCUT2D eigenvalue weighted by molar-refractivity contribution is 6.17. The van der Waals surface area contributed by atoms with Gasteiger partial charge in [-0.3, -0.25) is 0 Å². The first-order valence-corrected chi connectivity index (χ1v) is 14.6. The quantitative estimate of drug-likeness (QED) is 0.217. The van der Waals surface area contributed by atoms with Gasteiger partial charge in [0.15, 0.2) is 0 Å². The molecule has 0 aliphatic rings. The third-order valence-electron chi connectivity index (χ3n) is 8.53. The molecule has 0 unspecified atom stereocenters. The molecule has 0 atom stereocenters. The van der Waals surface area contributed by atoms with Crippen molar-refractivity contribution < 1.29 is 4.42 Å². The van der Waals surface area contributed by atoms with Crippen LogP contribution in [0.2, 0.25) is 0 Å². The molecule has 2 aromatic heterocycles. The second kappa shape index (κ2) is 9.37. The molecule has 0 spiro atoms. The lowest BCUT2D eigenvalue weighted by Gasteiger charge is -2.26. The Bertz CT molecular complexity index is 2450. The molecule has 202 valence electrons. The Labute approximate surface area is 248 Å². The van der Waals surface area contributed by atoms with E-state index in [1.807, 2.05) is 0 Å². The van der Waals surface area contributed by atoms with E-state index >= 15 is 0 Å². The Hall–Kier alpha value is -5.80. The first-order valence-electron chi connectivity index (χ1n) is 14.6.